The first kappa shape index (κ1) is 17.9. The van der Waals surface area contributed by atoms with Gasteiger partial charge in [0.25, 0.3) is 0 Å². The molecule has 7 heteroatoms. The third-order valence-electron chi connectivity index (χ3n) is 4.05. The Balaban J connectivity index is 1.95. The van der Waals surface area contributed by atoms with E-state index in [4.69, 9.17) is 4.74 Å². The van der Waals surface area contributed by atoms with Gasteiger partial charge in [0.1, 0.15) is 11.4 Å². The maximum Gasteiger partial charge on any atom is 0.222 e. The van der Waals surface area contributed by atoms with Crippen LogP contribution in [-0.2, 0) is 22.5 Å². The lowest BCUT2D eigenvalue weighted by Gasteiger charge is -2.29. The molecule has 3 N–H and O–H groups in total. The molecular formula is C16H28N4O3. The molecule has 1 aromatic rings. The summed E-state index contributed by atoms with van der Waals surface area (Å²) in [7, 11) is 1.57. The number of nitrogens with zero attached hydrogens (tertiary/aromatic N) is 2. The Morgan fingerprint density at radius 1 is 1.61 bits per heavy atom. The maximum absolute atomic E-state index is 11.6. The average molecular weight is 324 g/mol. The fourth-order valence-corrected chi connectivity index (χ4v) is 2.82. The normalized spacial score (nSPS) is 22.7. The summed E-state index contributed by atoms with van der Waals surface area (Å²) in [4.78, 5) is 21.5. The molecule has 1 aliphatic heterocycles. The van der Waals surface area contributed by atoms with Crippen molar-refractivity contribution in [2.75, 3.05) is 33.4 Å². The summed E-state index contributed by atoms with van der Waals surface area (Å²) in [6.07, 6.45) is 5.13. The van der Waals surface area contributed by atoms with Crippen LogP contribution in [0.15, 0.2) is 6.20 Å². The van der Waals surface area contributed by atoms with E-state index in [-0.39, 0.29) is 18.9 Å². The molecule has 0 aliphatic carbocycles. The van der Waals surface area contributed by atoms with Crippen molar-refractivity contribution < 1.29 is 14.6 Å². The molecule has 1 aromatic heterocycles. The van der Waals surface area contributed by atoms with Crippen LogP contribution < -0.4 is 5.32 Å². The molecule has 2 heterocycles. The summed E-state index contributed by atoms with van der Waals surface area (Å²) >= 11 is 0. The van der Waals surface area contributed by atoms with Crippen LogP contribution >= 0.6 is 0 Å². The number of carbonyl (C=O) groups is 1. The maximum atomic E-state index is 11.6. The van der Waals surface area contributed by atoms with Gasteiger partial charge in [-0.3, -0.25) is 9.69 Å². The van der Waals surface area contributed by atoms with Gasteiger partial charge in [0, 0.05) is 45.0 Å². The summed E-state index contributed by atoms with van der Waals surface area (Å²) in [5, 5.41) is 13.2. The third kappa shape index (κ3) is 5.60. The van der Waals surface area contributed by atoms with Crippen LogP contribution in [0, 0.1) is 0 Å². The topological polar surface area (TPSA) is 90.5 Å². The van der Waals surface area contributed by atoms with E-state index in [9.17, 15) is 9.90 Å². The predicted octanol–water partition coefficient (Wildman–Crippen LogP) is 0.452. The number of aromatic amines is 1. The summed E-state index contributed by atoms with van der Waals surface area (Å²) < 4.78 is 5.48. The number of aromatic nitrogens is 2. The SMILES string of the molecule is CCCCc1ncc(CN2CCOCC(O)(CC(=O)NC)C2)[nH]1. The van der Waals surface area contributed by atoms with Crippen LogP contribution in [0.25, 0.3) is 0 Å². The Morgan fingerprint density at radius 3 is 3.17 bits per heavy atom. The predicted molar refractivity (Wildman–Crippen MR) is 86.9 cm³/mol. The number of unbranched alkanes of at least 4 members (excludes halogenated alkanes) is 1. The van der Waals surface area contributed by atoms with Gasteiger partial charge < -0.3 is 20.1 Å². The molecule has 1 unspecified atom stereocenters. The number of imidazole rings is 1. The molecule has 0 spiro atoms. The molecule has 1 aliphatic rings. The highest BCUT2D eigenvalue weighted by molar-refractivity contribution is 5.76. The molecule has 0 radical (unpaired) electrons. The van der Waals surface area contributed by atoms with Gasteiger partial charge in [0.2, 0.25) is 5.91 Å². The second-order valence-corrected chi connectivity index (χ2v) is 6.30. The minimum Gasteiger partial charge on any atom is -0.386 e. The summed E-state index contributed by atoms with van der Waals surface area (Å²) in [6.45, 7) is 4.69. The van der Waals surface area contributed by atoms with Gasteiger partial charge in [-0.05, 0) is 6.42 Å². The number of hydrogen-bond acceptors (Lipinski definition) is 5. The highest BCUT2D eigenvalue weighted by Gasteiger charge is 2.34. The molecule has 23 heavy (non-hydrogen) atoms. The zero-order valence-corrected chi connectivity index (χ0v) is 14.1. The van der Waals surface area contributed by atoms with E-state index in [1.807, 2.05) is 6.20 Å². The van der Waals surface area contributed by atoms with E-state index in [0.717, 1.165) is 37.3 Å². The zero-order valence-electron chi connectivity index (χ0n) is 14.1. The Morgan fingerprint density at radius 2 is 2.43 bits per heavy atom. The molecule has 1 amide bonds. The number of rotatable bonds is 7. The van der Waals surface area contributed by atoms with E-state index in [0.29, 0.717) is 19.7 Å². The largest absolute Gasteiger partial charge is 0.386 e. The number of amides is 1. The monoisotopic (exact) mass is 324 g/mol. The third-order valence-corrected chi connectivity index (χ3v) is 4.05. The minimum atomic E-state index is -1.15. The number of nitrogens with one attached hydrogen (secondary N) is 2. The van der Waals surface area contributed by atoms with Crippen LogP contribution in [0.4, 0.5) is 0 Å². The van der Waals surface area contributed by atoms with Gasteiger partial charge in [-0.1, -0.05) is 13.3 Å². The summed E-state index contributed by atoms with van der Waals surface area (Å²) in [5.74, 6) is 0.829. The fourth-order valence-electron chi connectivity index (χ4n) is 2.82. The summed E-state index contributed by atoms with van der Waals surface area (Å²) in [5.41, 5.74) is -0.123. The summed E-state index contributed by atoms with van der Waals surface area (Å²) in [6, 6.07) is 0. The van der Waals surface area contributed by atoms with Crippen molar-refractivity contribution in [1.29, 1.82) is 0 Å². The lowest BCUT2D eigenvalue weighted by atomic mass is 9.99. The lowest BCUT2D eigenvalue weighted by Crippen LogP contribution is -2.47. The number of β-amino-alcohol motifs (C(OH)–C–C–N with tert-alkyl or cyclic N) is 1. The average Bonchev–Trinajstić information content (AvgIpc) is 2.88. The van der Waals surface area contributed by atoms with Gasteiger partial charge in [0.15, 0.2) is 0 Å². The Kier molecular flexibility index (Phi) is 6.56. The molecule has 1 atom stereocenters. The molecule has 7 nitrogen and oxygen atoms in total. The molecule has 130 valence electrons. The Labute approximate surface area is 137 Å². The highest BCUT2D eigenvalue weighted by Crippen LogP contribution is 2.18. The first-order valence-corrected chi connectivity index (χ1v) is 8.30. The van der Waals surface area contributed by atoms with Gasteiger partial charge >= 0.3 is 0 Å². The van der Waals surface area contributed by atoms with Crippen molar-refractivity contribution in [1.82, 2.24) is 20.2 Å². The minimum absolute atomic E-state index is 0.0464. The second-order valence-electron chi connectivity index (χ2n) is 6.30. The first-order chi connectivity index (χ1) is 11.0. The molecule has 0 saturated carbocycles. The molecular weight excluding hydrogens is 296 g/mol. The number of aryl methyl sites for hydroxylation is 1. The van der Waals surface area contributed by atoms with Crippen molar-refractivity contribution in [2.45, 2.75) is 44.8 Å². The van der Waals surface area contributed by atoms with Crippen LogP contribution in [-0.4, -0.2) is 64.8 Å². The van der Waals surface area contributed by atoms with E-state index in [2.05, 4.69) is 27.1 Å². The number of ether oxygens (including phenoxy) is 1. The van der Waals surface area contributed by atoms with Crippen LogP contribution in [0.1, 0.15) is 37.7 Å². The fraction of sp³-hybridized carbons (Fsp3) is 0.750. The van der Waals surface area contributed by atoms with Crippen molar-refractivity contribution >= 4 is 5.91 Å². The smallest absolute Gasteiger partial charge is 0.222 e. The van der Waals surface area contributed by atoms with E-state index in [1.165, 1.54) is 0 Å². The van der Waals surface area contributed by atoms with Crippen LogP contribution in [0.3, 0.4) is 0 Å². The van der Waals surface area contributed by atoms with Gasteiger partial charge in [-0.25, -0.2) is 4.98 Å². The number of H-pyrrole nitrogens is 1. The molecule has 1 fully saturated rings. The van der Waals surface area contributed by atoms with Crippen molar-refractivity contribution in [2.24, 2.45) is 0 Å². The van der Waals surface area contributed by atoms with E-state index < -0.39 is 5.60 Å². The molecule has 0 aromatic carbocycles. The van der Waals surface area contributed by atoms with E-state index >= 15 is 0 Å². The van der Waals surface area contributed by atoms with Gasteiger partial charge in [0.05, 0.1) is 19.6 Å². The van der Waals surface area contributed by atoms with Gasteiger partial charge in [-0.2, -0.15) is 0 Å². The molecule has 1 saturated heterocycles. The van der Waals surface area contributed by atoms with Crippen molar-refractivity contribution in [3.63, 3.8) is 0 Å². The standard InChI is InChI=1S/C16H28N4O3/c1-3-4-5-14-18-9-13(19-14)10-20-6-7-23-12-16(22,11-20)8-15(21)17-2/h9,22H,3-8,10-12H2,1-2H3,(H,17,21)(H,18,19). The molecule has 2 rings (SSSR count). The van der Waals surface area contributed by atoms with Crippen molar-refractivity contribution in [3.05, 3.63) is 17.7 Å². The number of hydrogen-bond donors (Lipinski definition) is 3. The number of carbonyl (C=O) groups excluding carboxylic acids is 1. The van der Waals surface area contributed by atoms with Crippen molar-refractivity contribution in [3.8, 4) is 0 Å². The van der Waals surface area contributed by atoms with Crippen LogP contribution in [0.2, 0.25) is 0 Å². The zero-order chi connectivity index (χ0) is 16.7. The van der Waals surface area contributed by atoms with E-state index in [1.54, 1.807) is 7.05 Å². The van der Waals surface area contributed by atoms with Crippen LogP contribution in [0.5, 0.6) is 0 Å². The second kappa shape index (κ2) is 8.42. The first-order valence-electron chi connectivity index (χ1n) is 8.30. The Hall–Kier alpha value is -1.44. The molecule has 0 bridgehead atoms. The number of aliphatic hydroxyl groups is 1. The lowest BCUT2D eigenvalue weighted by molar-refractivity contribution is -0.128. The van der Waals surface area contributed by atoms with Gasteiger partial charge in [-0.15, -0.1) is 0 Å². The quantitative estimate of drug-likeness (QED) is 0.677. The highest BCUT2D eigenvalue weighted by atomic mass is 16.5. The Bertz CT molecular complexity index is 505.